The van der Waals surface area contributed by atoms with Crippen LogP contribution in [0.2, 0.25) is 0 Å². The van der Waals surface area contributed by atoms with Crippen LogP contribution in [-0.4, -0.2) is 27.7 Å². The number of hydrogen-bond acceptors (Lipinski definition) is 3. The number of aliphatic hydroxyl groups excluding tert-OH is 1. The van der Waals surface area contributed by atoms with Crippen LogP contribution < -0.4 is 0 Å². The molecule has 0 saturated heterocycles. The van der Waals surface area contributed by atoms with Crippen LogP contribution >= 0.6 is 0 Å². The van der Waals surface area contributed by atoms with E-state index < -0.39 is 5.60 Å². The molecule has 29 heavy (non-hydrogen) atoms. The second kappa shape index (κ2) is 6.31. The van der Waals surface area contributed by atoms with Crippen molar-refractivity contribution in [3.05, 3.63) is 0 Å². The lowest BCUT2D eigenvalue weighted by atomic mass is 9.40. The fourth-order valence-electron chi connectivity index (χ4n) is 10.5. The normalized spacial score (nSPS) is 59.2. The van der Waals surface area contributed by atoms with E-state index in [-0.39, 0.29) is 28.3 Å². The monoisotopic (exact) mass is 402 g/mol. The highest BCUT2D eigenvalue weighted by Gasteiger charge is 2.71. The van der Waals surface area contributed by atoms with Gasteiger partial charge >= 0.3 is 0 Å². The van der Waals surface area contributed by atoms with Crippen LogP contribution in [0.15, 0.2) is 0 Å². The van der Waals surface area contributed by atoms with Gasteiger partial charge in [-0.25, -0.2) is 0 Å². The van der Waals surface area contributed by atoms with Gasteiger partial charge in [0.05, 0.1) is 11.7 Å². The summed E-state index contributed by atoms with van der Waals surface area (Å²) in [6.45, 7) is 8.96. The standard InChI is InChI=1S/C26H42O3/c1-16-13-20-21(24(4)11-8-19(28)15-26(16,24)29)9-12-23(3)22(20)14-18-7-5-6-10-25(18,23)17(2)27/h16,18-22,28-29H,5-15H2,1-4H3/t16-,18-,19-,20-,21+,22+,23-,24+,25+,26-/m0/s1. The molecule has 0 radical (unpaired) electrons. The first kappa shape index (κ1) is 20.5. The molecule has 0 aromatic rings. The predicted molar refractivity (Wildman–Crippen MR) is 114 cm³/mol. The van der Waals surface area contributed by atoms with E-state index in [9.17, 15) is 15.0 Å². The summed E-state index contributed by atoms with van der Waals surface area (Å²) in [5, 5.41) is 22.2. The Morgan fingerprint density at radius 2 is 1.66 bits per heavy atom. The third-order valence-electron chi connectivity index (χ3n) is 11.9. The lowest BCUT2D eigenvalue weighted by Gasteiger charge is -2.66. The number of carbonyl (C=O) groups excluding carboxylic acids is 1. The molecule has 0 amide bonds. The molecule has 0 unspecified atom stereocenters. The minimum atomic E-state index is -0.733. The average molecular weight is 403 g/mol. The van der Waals surface area contributed by atoms with Crippen molar-refractivity contribution >= 4 is 5.78 Å². The molecule has 0 bridgehead atoms. The molecule has 3 nitrogen and oxygen atoms in total. The molecule has 5 aliphatic rings. The van der Waals surface area contributed by atoms with Gasteiger partial charge in [0, 0.05) is 11.8 Å². The van der Waals surface area contributed by atoms with E-state index in [4.69, 9.17) is 0 Å². The SMILES string of the molecule is CC(=O)[C@]12CCCC[C@H]1C[C@@H]1[C@H]3C[C@H](C)[C@@]4(O)C[C@@H](O)CC[C@]4(C)[C@@H]3CC[C@@]12C. The molecular weight excluding hydrogens is 360 g/mol. The third kappa shape index (κ3) is 2.30. The van der Waals surface area contributed by atoms with Gasteiger partial charge in [0.25, 0.3) is 0 Å². The molecule has 2 N–H and O–H groups in total. The second-order valence-corrected chi connectivity index (χ2v) is 12.4. The van der Waals surface area contributed by atoms with Gasteiger partial charge in [0.1, 0.15) is 5.78 Å². The van der Waals surface area contributed by atoms with E-state index in [1.807, 2.05) is 6.92 Å². The maximum absolute atomic E-state index is 13.2. The number of Topliss-reactive ketones (excluding diaryl/α,β-unsaturated/α-hetero) is 1. The molecule has 0 aromatic heterocycles. The highest BCUT2D eigenvalue weighted by atomic mass is 16.3. The van der Waals surface area contributed by atoms with Gasteiger partial charge in [0.15, 0.2) is 0 Å². The van der Waals surface area contributed by atoms with Crippen LogP contribution in [-0.2, 0) is 4.79 Å². The number of fused-ring (bicyclic) bond motifs is 7. The van der Waals surface area contributed by atoms with Crippen LogP contribution in [0.4, 0.5) is 0 Å². The van der Waals surface area contributed by atoms with Crippen molar-refractivity contribution in [3.63, 3.8) is 0 Å². The summed E-state index contributed by atoms with van der Waals surface area (Å²) in [6.07, 6.45) is 11.5. The number of hydrogen-bond donors (Lipinski definition) is 2. The quantitative estimate of drug-likeness (QED) is 0.639. The van der Waals surface area contributed by atoms with Crippen molar-refractivity contribution < 1.29 is 15.0 Å². The third-order valence-corrected chi connectivity index (χ3v) is 11.9. The molecule has 0 spiro atoms. The zero-order valence-electron chi connectivity index (χ0n) is 19.0. The largest absolute Gasteiger partial charge is 0.393 e. The number of carbonyl (C=O) groups is 1. The zero-order valence-corrected chi connectivity index (χ0v) is 19.0. The fraction of sp³-hybridized carbons (Fsp3) is 0.962. The number of ketones is 1. The van der Waals surface area contributed by atoms with Crippen LogP contribution in [0.3, 0.4) is 0 Å². The van der Waals surface area contributed by atoms with Crippen molar-refractivity contribution in [3.8, 4) is 0 Å². The smallest absolute Gasteiger partial charge is 0.136 e. The molecule has 0 heterocycles. The summed E-state index contributed by atoms with van der Waals surface area (Å²) in [5.41, 5.74) is -0.761. The van der Waals surface area contributed by atoms with Gasteiger partial charge in [-0.1, -0.05) is 33.6 Å². The van der Waals surface area contributed by atoms with E-state index >= 15 is 0 Å². The Bertz CT molecular complexity index is 704. The Balaban J connectivity index is 1.55. The topological polar surface area (TPSA) is 57.5 Å². The van der Waals surface area contributed by atoms with Crippen LogP contribution in [0.5, 0.6) is 0 Å². The zero-order chi connectivity index (χ0) is 20.8. The van der Waals surface area contributed by atoms with Gasteiger partial charge in [-0.3, -0.25) is 4.79 Å². The summed E-state index contributed by atoms with van der Waals surface area (Å²) in [7, 11) is 0. The predicted octanol–water partition coefficient (Wildman–Crippen LogP) is 5.13. The lowest BCUT2D eigenvalue weighted by Crippen LogP contribution is -2.66. The van der Waals surface area contributed by atoms with Gasteiger partial charge in [-0.05, 0) is 98.7 Å². The molecule has 5 fully saturated rings. The molecule has 10 atom stereocenters. The Hall–Kier alpha value is -0.410. The molecule has 5 aliphatic carbocycles. The highest BCUT2D eigenvalue weighted by Crippen LogP contribution is 2.75. The first-order chi connectivity index (χ1) is 13.6. The van der Waals surface area contributed by atoms with Crippen molar-refractivity contribution in [1.29, 1.82) is 0 Å². The average Bonchev–Trinajstić information content (AvgIpc) is 2.95. The van der Waals surface area contributed by atoms with E-state index in [1.54, 1.807) is 0 Å². The second-order valence-electron chi connectivity index (χ2n) is 12.4. The Labute approximate surface area is 177 Å². The molecular formula is C26H42O3. The highest BCUT2D eigenvalue weighted by molar-refractivity contribution is 5.84. The van der Waals surface area contributed by atoms with E-state index in [0.717, 1.165) is 38.5 Å². The van der Waals surface area contributed by atoms with Crippen molar-refractivity contribution in [2.75, 3.05) is 0 Å². The number of rotatable bonds is 1. The minimum absolute atomic E-state index is 0.0818. The van der Waals surface area contributed by atoms with E-state index in [1.165, 1.54) is 25.7 Å². The first-order valence-electron chi connectivity index (χ1n) is 12.5. The molecule has 0 aliphatic heterocycles. The first-order valence-corrected chi connectivity index (χ1v) is 12.5. The van der Waals surface area contributed by atoms with Crippen molar-refractivity contribution in [2.45, 2.75) is 110 Å². The van der Waals surface area contributed by atoms with Crippen LogP contribution in [0.25, 0.3) is 0 Å². The fourth-order valence-corrected chi connectivity index (χ4v) is 10.5. The maximum atomic E-state index is 13.2. The maximum Gasteiger partial charge on any atom is 0.136 e. The van der Waals surface area contributed by atoms with Crippen LogP contribution in [0.1, 0.15) is 98.3 Å². The molecule has 3 heteroatoms. The van der Waals surface area contributed by atoms with Gasteiger partial charge in [-0.15, -0.1) is 0 Å². The van der Waals surface area contributed by atoms with Crippen LogP contribution in [0, 0.1) is 45.8 Å². The summed E-state index contributed by atoms with van der Waals surface area (Å²) in [6, 6.07) is 0. The van der Waals surface area contributed by atoms with E-state index in [2.05, 4.69) is 20.8 Å². The molecule has 0 aromatic carbocycles. The van der Waals surface area contributed by atoms with Gasteiger partial charge in [0.2, 0.25) is 0 Å². The van der Waals surface area contributed by atoms with E-state index in [0.29, 0.717) is 35.9 Å². The Morgan fingerprint density at radius 1 is 0.931 bits per heavy atom. The minimum Gasteiger partial charge on any atom is -0.393 e. The van der Waals surface area contributed by atoms with Crippen molar-refractivity contribution in [1.82, 2.24) is 0 Å². The summed E-state index contributed by atoms with van der Waals surface area (Å²) >= 11 is 0. The van der Waals surface area contributed by atoms with Gasteiger partial charge in [-0.2, -0.15) is 0 Å². The molecule has 5 rings (SSSR count). The van der Waals surface area contributed by atoms with Gasteiger partial charge < -0.3 is 10.2 Å². The number of aliphatic hydroxyl groups is 2. The Morgan fingerprint density at radius 3 is 2.38 bits per heavy atom. The molecule has 164 valence electrons. The summed E-state index contributed by atoms with van der Waals surface area (Å²) in [5.74, 6) is 3.08. The van der Waals surface area contributed by atoms with Crippen molar-refractivity contribution in [2.24, 2.45) is 45.8 Å². The lowest BCUT2D eigenvalue weighted by molar-refractivity contribution is -0.246. The summed E-state index contributed by atoms with van der Waals surface area (Å²) in [4.78, 5) is 13.2. The molecule has 5 saturated carbocycles. The summed E-state index contributed by atoms with van der Waals surface area (Å²) < 4.78 is 0. The Kier molecular flexibility index (Phi) is 4.46.